The normalized spacial score (nSPS) is 13.8. The van der Waals surface area contributed by atoms with Gasteiger partial charge < -0.3 is 5.32 Å². The van der Waals surface area contributed by atoms with Crippen LogP contribution in [0.1, 0.15) is 39.2 Å². The van der Waals surface area contributed by atoms with Crippen LogP contribution in [0, 0.1) is 17.2 Å². The van der Waals surface area contributed by atoms with Crippen molar-refractivity contribution >= 4 is 17.3 Å². The number of nitriles is 1. The van der Waals surface area contributed by atoms with Gasteiger partial charge >= 0.3 is 0 Å². The molecule has 1 rings (SSSR count). The van der Waals surface area contributed by atoms with E-state index in [1.807, 2.05) is 12.1 Å². The molecule has 0 radical (unpaired) electrons. The van der Waals surface area contributed by atoms with Crippen molar-refractivity contribution in [3.8, 4) is 6.07 Å². The Kier molecular flexibility index (Phi) is 5.31. The summed E-state index contributed by atoms with van der Waals surface area (Å²) in [5.41, 5.74) is 1.36. The fourth-order valence-electron chi connectivity index (χ4n) is 1.85. The number of benzene rings is 1. The number of nitrogens with zero attached hydrogens (tertiary/aromatic N) is 1. The van der Waals surface area contributed by atoms with Crippen LogP contribution in [0.15, 0.2) is 18.2 Å². The van der Waals surface area contributed by atoms with Crippen LogP contribution in [0.3, 0.4) is 0 Å². The van der Waals surface area contributed by atoms with E-state index in [2.05, 4.69) is 32.2 Å². The summed E-state index contributed by atoms with van der Waals surface area (Å²) >= 11 is 5.98. The lowest BCUT2D eigenvalue weighted by atomic mass is 10.00. The van der Waals surface area contributed by atoms with E-state index in [1.54, 1.807) is 6.07 Å². The number of hydrogen-bond donors (Lipinski definition) is 1. The van der Waals surface area contributed by atoms with Crippen molar-refractivity contribution < 1.29 is 0 Å². The number of halogens is 1. The molecule has 1 aromatic carbocycles. The molecule has 0 aliphatic carbocycles. The van der Waals surface area contributed by atoms with E-state index in [4.69, 9.17) is 16.9 Å². The summed E-state index contributed by atoms with van der Waals surface area (Å²) in [4.78, 5) is 0. The number of anilines is 1. The Labute approximate surface area is 109 Å². The minimum atomic E-state index is 0.343. The van der Waals surface area contributed by atoms with Crippen molar-refractivity contribution in [3.05, 3.63) is 28.8 Å². The topological polar surface area (TPSA) is 35.8 Å². The van der Waals surface area contributed by atoms with Crippen LogP contribution in [0.5, 0.6) is 0 Å². The average molecular weight is 251 g/mol. The molecule has 0 saturated carbocycles. The van der Waals surface area contributed by atoms with Crippen LogP contribution in [0.2, 0.25) is 5.02 Å². The molecular weight excluding hydrogens is 232 g/mol. The van der Waals surface area contributed by atoms with Crippen molar-refractivity contribution in [1.82, 2.24) is 0 Å². The molecule has 2 nitrogen and oxygen atoms in total. The molecule has 0 spiro atoms. The summed E-state index contributed by atoms with van der Waals surface area (Å²) < 4.78 is 0. The number of nitrogens with one attached hydrogen (secondary N) is 1. The molecule has 3 heteroatoms. The van der Waals surface area contributed by atoms with Crippen LogP contribution in [0.25, 0.3) is 0 Å². The van der Waals surface area contributed by atoms with E-state index in [9.17, 15) is 0 Å². The Balaban J connectivity index is 2.75. The molecule has 1 N–H and O–H groups in total. The van der Waals surface area contributed by atoms with Crippen molar-refractivity contribution in [1.29, 1.82) is 5.26 Å². The standard InChI is InChI=1S/C14H19ClN2/c1-4-10(2)8-11(3)17-14-7-5-6-13(15)12(14)9-16/h5-7,10-11,17H,4,8H2,1-3H3. The van der Waals surface area contributed by atoms with Gasteiger partial charge in [0, 0.05) is 6.04 Å². The zero-order chi connectivity index (χ0) is 12.8. The molecule has 0 fully saturated rings. The molecule has 0 aromatic heterocycles. The third-order valence-corrected chi connectivity index (χ3v) is 3.30. The monoisotopic (exact) mass is 250 g/mol. The minimum absolute atomic E-state index is 0.343. The molecule has 0 amide bonds. The van der Waals surface area contributed by atoms with Crippen molar-refractivity contribution in [2.24, 2.45) is 5.92 Å². The Bertz CT molecular complexity index is 409. The zero-order valence-corrected chi connectivity index (χ0v) is 11.4. The fourth-order valence-corrected chi connectivity index (χ4v) is 2.07. The molecule has 2 atom stereocenters. The highest BCUT2D eigenvalue weighted by molar-refractivity contribution is 6.32. The second-order valence-electron chi connectivity index (χ2n) is 4.57. The summed E-state index contributed by atoms with van der Waals surface area (Å²) in [5.74, 6) is 0.683. The molecule has 0 bridgehead atoms. The van der Waals surface area contributed by atoms with Gasteiger partial charge in [0.15, 0.2) is 0 Å². The molecule has 92 valence electrons. The highest BCUT2D eigenvalue weighted by Crippen LogP contribution is 2.24. The van der Waals surface area contributed by atoms with E-state index in [-0.39, 0.29) is 0 Å². The van der Waals surface area contributed by atoms with E-state index in [0.29, 0.717) is 22.5 Å². The van der Waals surface area contributed by atoms with Gasteiger partial charge in [-0.25, -0.2) is 0 Å². The Morgan fingerprint density at radius 2 is 2.12 bits per heavy atom. The van der Waals surface area contributed by atoms with Gasteiger partial charge in [0.05, 0.1) is 16.3 Å². The maximum atomic E-state index is 9.07. The van der Waals surface area contributed by atoms with Gasteiger partial charge in [-0.05, 0) is 31.4 Å². The lowest BCUT2D eigenvalue weighted by molar-refractivity contribution is 0.484. The quantitative estimate of drug-likeness (QED) is 0.838. The SMILES string of the molecule is CCC(C)CC(C)Nc1cccc(Cl)c1C#N. The summed E-state index contributed by atoms with van der Waals surface area (Å²) in [6, 6.07) is 7.99. The first kappa shape index (κ1) is 13.9. The van der Waals surface area contributed by atoms with E-state index in [0.717, 1.165) is 12.1 Å². The van der Waals surface area contributed by atoms with E-state index < -0.39 is 0 Å². The van der Waals surface area contributed by atoms with E-state index >= 15 is 0 Å². The smallest absolute Gasteiger partial charge is 0.103 e. The summed E-state index contributed by atoms with van der Waals surface area (Å²) in [5, 5.41) is 12.9. The van der Waals surface area contributed by atoms with E-state index in [1.165, 1.54) is 6.42 Å². The van der Waals surface area contributed by atoms with Gasteiger partial charge in [0.25, 0.3) is 0 Å². The van der Waals surface area contributed by atoms with Crippen LogP contribution in [-0.2, 0) is 0 Å². The molecule has 17 heavy (non-hydrogen) atoms. The second-order valence-corrected chi connectivity index (χ2v) is 4.98. The second kappa shape index (κ2) is 6.51. The largest absolute Gasteiger partial charge is 0.381 e. The molecule has 0 heterocycles. The highest BCUT2D eigenvalue weighted by Gasteiger charge is 2.11. The van der Waals surface area contributed by atoms with Crippen LogP contribution >= 0.6 is 11.6 Å². The highest BCUT2D eigenvalue weighted by atomic mass is 35.5. The van der Waals surface area contributed by atoms with Gasteiger partial charge in [-0.1, -0.05) is 37.9 Å². The predicted molar refractivity (Wildman–Crippen MR) is 73.3 cm³/mol. The lowest BCUT2D eigenvalue weighted by Gasteiger charge is -2.19. The third kappa shape index (κ3) is 3.94. The average Bonchev–Trinajstić information content (AvgIpc) is 2.29. The van der Waals surface area contributed by atoms with Crippen molar-refractivity contribution in [2.75, 3.05) is 5.32 Å². The summed E-state index contributed by atoms with van der Waals surface area (Å²) in [7, 11) is 0. The molecule has 0 saturated heterocycles. The first-order valence-electron chi connectivity index (χ1n) is 6.03. The van der Waals surface area contributed by atoms with Crippen LogP contribution < -0.4 is 5.32 Å². The molecule has 1 aromatic rings. The molecule has 2 unspecified atom stereocenters. The minimum Gasteiger partial charge on any atom is -0.381 e. The molecule has 0 aliphatic rings. The van der Waals surface area contributed by atoms with Gasteiger partial charge in [0.1, 0.15) is 6.07 Å². The number of rotatable bonds is 5. The Hall–Kier alpha value is -1.20. The molecular formula is C14H19ClN2. The maximum absolute atomic E-state index is 9.07. The summed E-state index contributed by atoms with van der Waals surface area (Å²) in [6.07, 6.45) is 2.26. The van der Waals surface area contributed by atoms with Crippen LogP contribution in [0.4, 0.5) is 5.69 Å². The fraction of sp³-hybridized carbons (Fsp3) is 0.500. The van der Waals surface area contributed by atoms with Gasteiger partial charge in [0.2, 0.25) is 0 Å². The zero-order valence-electron chi connectivity index (χ0n) is 10.6. The molecule has 0 aliphatic heterocycles. The van der Waals surface area contributed by atoms with Crippen LogP contribution in [-0.4, -0.2) is 6.04 Å². The summed E-state index contributed by atoms with van der Waals surface area (Å²) in [6.45, 7) is 6.56. The van der Waals surface area contributed by atoms with Crippen molar-refractivity contribution in [2.45, 2.75) is 39.7 Å². The Morgan fingerprint density at radius 1 is 1.41 bits per heavy atom. The van der Waals surface area contributed by atoms with Gasteiger partial charge in [-0.15, -0.1) is 0 Å². The maximum Gasteiger partial charge on any atom is 0.103 e. The van der Waals surface area contributed by atoms with Crippen molar-refractivity contribution in [3.63, 3.8) is 0 Å². The first-order chi connectivity index (χ1) is 8.08. The lowest BCUT2D eigenvalue weighted by Crippen LogP contribution is -2.18. The predicted octanol–water partition coefficient (Wildman–Crippen LogP) is 4.45. The third-order valence-electron chi connectivity index (χ3n) is 2.98. The number of hydrogen-bond acceptors (Lipinski definition) is 2. The Morgan fingerprint density at radius 3 is 2.71 bits per heavy atom. The van der Waals surface area contributed by atoms with Gasteiger partial charge in [-0.3, -0.25) is 0 Å². The first-order valence-corrected chi connectivity index (χ1v) is 6.41. The van der Waals surface area contributed by atoms with Gasteiger partial charge in [-0.2, -0.15) is 5.26 Å².